The van der Waals surface area contributed by atoms with Gasteiger partial charge in [-0.25, -0.2) is 22.7 Å². The SMILES string of the molecule is Cc1c(C)c(C)c2n[se]nc2c1C.Cc1c(C)c(C)c2nonc2c1C.Cc1c(C)c(C)c2nsnc2c1C.Cc1cc(F)c(C)c2n[se]nc12.Cc1cc(F)c(C)c2nonc12.Cc1cc(F)c(C)c2nsnc12.Cc1ccc(C)c2n[se]nc12.Cc1ccc(C)c2nonc12.Cc1ccc(C)c2nsnc12. The van der Waals surface area contributed by atoms with Gasteiger partial charge in [0.05, 0.1) is 35.2 Å². The van der Waals surface area contributed by atoms with Crippen molar-refractivity contribution in [2.45, 2.75) is 166 Å². The number of nitrogens with zero attached hydrogens (tertiary/aromatic N) is 18. The van der Waals surface area contributed by atoms with Gasteiger partial charge in [0.15, 0.2) is 0 Å². The van der Waals surface area contributed by atoms with Crippen molar-refractivity contribution in [2.24, 2.45) is 0 Å². The van der Waals surface area contributed by atoms with Gasteiger partial charge in [0, 0.05) is 11.1 Å². The van der Waals surface area contributed by atoms with Gasteiger partial charge in [-0.05, 0) is 232 Å². The minimum absolute atomic E-state index is 0.0638. The van der Waals surface area contributed by atoms with Gasteiger partial charge in [0.25, 0.3) is 0 Å². The van der Waals surface area contributed by atoms with Crippen LogP contribution in [0.3, 0.4) is 0 Å². The molecule has 30 heteroatoms. The molecule has 21 nitrogen and oxygen atoms in total. The molecule has 0 aliphatic rings. The Balaban J connectivity index is 0.000000130. The number of hydrogen-bond acceptors (Lipinski definition) is 24. The first-order valence-corrected chi connectivity index (χ1v) is 40.9. The van der Waals surface area contributed by atoms with E-state index in [4.69, 9.17) is 4.63 Å². The zero-order valence-corrected chi connectivity index (χ0v) is 72.1. The summed E-state index contributed by atoms with van der Waals surface area (Å²) in [4.78, 5) is 0. The summed E-state index contributed by atoms with van der Waals surface area (Å²) in [7, 11) is 0. The predicted octanol–water partition coefficient (Wildman–Crippen LogP) is 18.6. The molecule has 18 rings (SSSR count). The minimum atomic E-state index is -0.268. The Labute approximate surface area is 654 Å². The Morgan fingerprint density at radius 2 is 0.389 bits per heavy atom. The predicted molar refractivity (Wildman–Crippen MR) is 431 cm³/mol. The molecule has 0 saturated carbocycles. The molecular weight excluding hydrogens is 1630 g/mol. The van der Waals surface area contributed by atoms with Crippen molar-refractivity contribution in [3.63, 3.8) is 0 Å². The van der Waals surface area contributed by atoms with Crippen molar-refractivity contribution in [2.75, 3.05) is 0 Å². The molecule has 0 atom stereocenters. The number of hydrogen-bond donors (Lipinski definition) is 0. The van der Waals surface area contributed by atoms with Crippen molar-refractivity contribution in [3.8, 4) is 0 Å². The molecule has 0 fully saturated rings. The summed E-state index contributed by atoms with van der Waals surface area (Å²) >= 11 is 3.84. The maximum Gasteiger partial charge on any atom is 0.138 e. The van der Waals surface area contributed by atoms with E-state index in [1.807, 2.05) is 53.7 Å². The van der Waals surface area contributed by atoms with Crippen LogP contribution < -0.4 is 0 Å². The summed E-state index contributed by atoms with van der Waals surface area (Å²) in [6.45, 7) is 48.3. The van der Waals surface area contributed by atoms with Gasteiger partial charge in [-0.3, -0.25) is 0 Å². The molecular formula is C78H81F3N18O3S3Se3. The van der Waals surface area contributed by atoms with E-state index in [-0.39, 0.29) is 62.3 Å². The molecule has 9 heterocycles. The second kappa shape index (κ2) is 35.0. The summed E-state index contributed by atoms with van der Waals surface area (Å²) < 4.78 is 104. The molecule has 0 spiro atoms. The molecule has 108 heavy (non-hydrogen) atoms. The molecule has 0 aliphatic carbocycles. The summed E-state index contributed by atoms with van der Waals surface area (Å²) in [5.74, 6) is -0.647. The van der Waals surface area contributed by atoms with Crippen molar-refractivity contribution >= 4 is 179 Å². The number of aryl methyl sites for hydroxylation is 18. The second-order valence-corrected chi connectivity index (χ2v) is 31.6. The second-order valence-electron chi connectivity index (χ2n) is 26.7. The van der Waals surface area contributed by atoms with E-state index in [2.05, 4.69) is 212 Å². The zero-order valence-electron chi connectivity index (χ0n) is 64.6. The van der Waals surface area contributed by atoms with E-state index in [0.29, 0.717) is 33.2 Å². The maximum absolute atomic E-state index is 13.1. The van der Waals surface area contributed by atoms with Crippen LogP contribution in [0.15, 0.2) is 68.5 Å². The number of halogens is 3. The molecule has 0 bridgehead atoms. The third-order valence-corrected chi connectivity index (χ3v) is 24.8. The van der Waals surface area contributed by atoms with Crippen LogP contribution in [0.1, 0.15) is 134 Å². The standard InChI is InChI=1S/C10H12N2O.C10H12N2S.C10H12N2Se.C8H7FN2O.C8H7FN2S.C8H7FN2Se.C8H8N2O.C8H8N2S.C8H8N2Se/c3*1-5-6(2)8(4)10-9(7(5)3)11-13-12-10;3*1-4-3-6(9)5(2)8-7(4)10-12-11-8;3*1-5-3-4-6(2)8-7(5)9-11-10-8/h3*1-4H3;3*3H,1-2H3;3*3-4H,1-2H3. The van der Waals surface area contributed by atoms with Crippen LogP contribution in [0.25, 0.3) is 99.3 Å². The van der Waals surface area contributed by atoms with Gasteiger partial charge in [0.2, 0.25) is 0 Å². The summed E-state index contributed by atoms with van der Waals surface area (Å²) in [5, 5.41) is 22.7. The molecule has 0 unspecified atom stereocenters. The number of rotatable bonds is 0. The molecule has 0 radical (unpaired) electrons. The fourth-order valence-corrected chi connectivity index (χ4v) is 17.8. The molecule has 0 saturated heterocycles. The van der Waals surface area contributed by atoms with E-state index in [9.17, 15) is 13.2 Å². The zero-order chi connectivity index (χ0) is 78.4. The van der Waals surface area contributed by atoms with E-state index in [1.54, 1.807) is 27.7 Å². The van der Waals surface area contributed by atoms with Gasteiger partial charge in [-0.2, -0.15) is 26.2 Å². The van der Waals surface area contributed by atoms with Gasteiger partial charge >= 0.3 is 230 Å². The minimum Gasteiger partial charge on any atom is -0.243 e. The molecule has 18 aromatic rings. The van der Waals surface area contributed by atoms with E-state index < -0.39 is 0 Å². The van der Waals surface area contributed by atoms with Gasteiger partial charge in [-0.1, -0.05) is 24.3 Å². The average molecular weight is 1710 g/mol. The third kappa shape index (κ3) is 17.1. The average Bonchev–Trinajstić information content (AvgIpc) is 1.49. The van der Waals surface area contributed by atoms with Gasteiger partial charge < -0.3 is 0 Å². The quantitative estimate of drug-likeness (QED) is 0.128. The van der Waals surface area contributed by atoms with Crippen LogP contribution in [-0.2, 0) is 0 Å². The van der Waals surface area contributed by atoms with Gasteiger partial charge in [-0.15, -0.1) is 0 Å². The first-order chi connectivity index (χ1) is 51.3. The van der Waals surface area contributed by atoms with E-state index in [1.165, 1.54) is 131 Å². The van der Waals surface area contributed by atoms with Crippen molar-refractivity contribution in [1.82, 2.24) is 81.1 Å². The first kappa shape index (κ1) is 81.3. The van der Waals surface area contributed by atoms with E-state index >= 15 is 0 Å². The molecule has 0 N–H and O–H groups in total. The van der Waals surface area contributed by atoms with Crippen LogP contribution in [0.4, 0.5) is 13.2 Å². The van der Waals surface area contributed by atoms with Crippen LogP contribution in [0.5, 0.6) is 0 Å². The van der Waals surface area contributed by atoms with E-state index in [0.717, 1.165) is 122 Å². The fraction of sp³-hybridized carbons (Fsp3) is 0.308. The Morgan fingerprint density at radius 3 is 0.731 bits per heavy atom. The van der Waals surface area contributed by atoms with Crippen molar-refractivity contribution in [3.05, 3.63) is 206 Å². The van der Waals surface area contributed by atoms with Crippen LogP contribution >= 0.6 is 35.2 Å². The summed E-state index contributed by atoms with van der Waals surface area (Å²) in [6.07, 6.45) is 0. The van der Waals surface area contributed by atoms with Gasteiger partial charge in [0.1, 0.15) is 77.8 Å². The number of aromatic nitrogens is 18. The van der Waals surface area contributed by atoms with Crippen LogP contribution in [0, 0.1) is 184 Å². The number of benzene rings is 9. The van der Waals surface area contributed by atoms with Crippen molar-refractivity contribution < 1.29 is 27.1 Å². The maximum atomic E-state index is 13.1. The fourth-order valence-electron chi connectivity index (χ4n) is 11.7. The smallest absolute Gasteiger partial charge is 0.138 e. The Bertz CT molecular complexity index is 5480. The Kier molecular flexibility index (Phi) is 26.3. The van der Waals surface area contributed by atoms with Crippen LogP contribution in [0.2, 0.25) is 0 Å². The molecule has 0 amide bonds. The summed E-state index contributed by atoms with van der Waals surface area (Å²) in [5.41, 5.74) is 43.3. The topological polar surface area (TPSA) is 271 Å². The van der Waals surface area contributed by atoms with Crippen LogP contribution in [-0.4, -0.2) is 126 Å². The monoisotopic (exact) mass is 1710 g/mol. The Morgan fingerprint density at radius 1 is 0.204 bits per heavy atom. The Hall–Kier alpha value is -9.21. The largest absolute Gasteiger partial charge is 0.243 e. The molecule has 558 valence electrons. The summed E-state index contributed by atoms with van der Waals surface area (Å²) in [6, 6.07) is 16.9. The first-order valence-electron chi connectivity index (χ1n) is 34.1. The third-order valence-electron chi connectivity index (χ3n) is 19.9. The molecule has 9 aromatic heterocycles. The molecule has 0 aliphatic heterocycles. The molecule has 9 aromatic carbocycles. The van der Waals surface area contributed by atoms with Crippen molar-refractivity contribution in [1.29, 1.82) is 0 Å². The normalized spacial score (nSPS) is 10.9. The number of fused-ring (bicyclic) bond motifs is 9.